The van der Waals surface area contributed by atoms with Crippen LogP contribution < -0.4 is 0 Å². The molecule has 1 N–H and O–H groups in total. The molecule has 4 aliphatic rings. The van der Waals surface area contributed by atoms with Gasteiger partial charge in [0, 0.05) is 0 Å². The van der Waals surface area contributed by atoms with Gasteiger partial charge < -0.3 is 9.47 Å². The molecule has 0 aromatic carbocycles. The normalized spacial score (nSPS) is 38.9. The predicted octanol–water partition coefficient (Wildman–Crippen LogP) is 3.25. The number of alkyl halides is 2. The van der Waals surface area contributed by atoms with Gasteiger partial charge in [-0.05, 0) is 69.6 Å². The molecule has 4 fully saturated rings. The van der Waals surface area contributed by atoms with E-state index in [0.29, 0.717) is 11.8 Å². The number of rotatable bonds is 7. The maximum Gasteiger partial charge on any atom is 0.392 e. The van der Waals surface area contributed by atoms with Gasteiger partial charge in [0.05, 0.1) is 18.3 Å². The van der Waals surface area contributed by atoms with Crippen molar-refractivity contribution in [1.82, 2.24) is 0 Å². The van der Waals surface area contributed by atoms with Crippen LogP contribution in [0.4, 0.5) is 8.78 Å². The molecule has 24 heavy (non-hydrogen) atoms. The summed E-state index contributed by atoms with van der Waals surface area (Å²) in [6, 6.07) is 0. The molecular weight excluding hydrogens is 342 g/mol. The van der Waals surface area contributed by atoms with Crippen LogP contribution in [0.5, 0.6) is 0 Å². The van der Waals surface area contributed by atoms with Crippen molar-refractivity contribution in [1.29, 1.82) is 0 Å². The van der Waals surface area contributed by atoms with Gasteiger partial charge in [-0.25, -0.2) is 0 Å². The smallest absolute Gasteiger partial charge is 0.373 e. The van der Waals surface area contributed by atoms with Crippen LogP contribution in [0.3, 0.4) is 0 Å². The lowest BCUT2D eigenvalue weighted by molar-refractivity contribution is -0.220. The summed E-state index contributed by atoms with van der Waals surface area (Å²) in [7, 11) is -5.44. The van der Waals surface area contributed by atoms with E-state index in [1.54, 1.807) is 0 Å². The summed E-state index contributed by atoms with van der Waals surface area (Å²) in [4.78, 5) is 0. The summed E-state index contributed by atoms with van der Waals surface area (Å²) in [5.41, 5.74) is -0.401. The van der Waals surface area contributed by atoms with Crippen LogP contribution in [-0.4, -0.2) is 43.1 Å². The van der Waals surface area contributed by atoms with Gasteiger partial charge in [0.1, 0.15) is 6.61 Å². The molecule has 4 rings (SSSR count). The number of ether oxygens (including phenoxy) is 2. The first-order valence-corrected chi connectivity index (χ1v) is 9.99. The molecule has 0 heterocycles. The van der Waals surface area contributed by atoms with Crippen LogP contribution in [0.15, 0.2) is 0 Å². The van der Waals surface area contributed by atoms with Gasteiger partial charge >= 0.3 is 15.4 Å². The van der Waals surface area contributed by atoms with Gasteiger partial charge in [-0.2, -0.15) is 17.2 Å². The van der Waals surface area contributed by atoms with Crippen LogP contribution in [0.25, 0.3) is 0 Å². The van der Waals surface area contributed by atoms with Gasteiger partial charge in [0.15, 0.2) is 0 Å². The molecule has 8 heteroatoms. The second-order valence-electron chi connectivity index (χ2n) is 8.42. The van der Waals surface area contributed by atoms with E-state index in [9.17, 15) is 17.2 Å². The molecule has 4 bridgehead atoms. The first-order chi connectivity index (χ1) is 10.9. The minimum Gasteiger partial charge on any atom is -0.373 e. The van der Waals surface area contributed by atoms with E-state index in [2.05, 4.69) is 0 Å². The van der Waals surface area contributed by atoms with E-state index >= 15 is 0 Å². The molecular formula is C16H26F2O5S. The molecule has 0 spiro atoms. The average Bonchev–Trinajstić information content (AvgIpc) is 2.32. The van der Waals surface area contributed by atoms with Crippen molar-refractivity contribution in [2.75, 3.05) is 13.2 Å². The van der Waals surface area contributed by atoms with Crippen molar-refractivity contribution < 1.29 is 31.2 Å². The first-order valence-electron chi connectivity index (χ1n) is 8.55. The third-order valence-electron chi connectivity index (χ3n) is 5.67. The molecule has 0 aliphatic heterocycles. The Morgan fingerprint density at radius 2 is 1.79 bits per heavy atom. The maximum absolute atomic E-state index is 13.3. The number of halogens is 2. The Morgan fingerprint density at radius 1 is 1.21 bits per heavy atom. The van der Waals surface area contributed by atoms with E-state index in [0.717, 1.165) is 38.5 Å². The van der Waals surface area contributed by atoms with Crippen molar-refractivity contribution in [3.05, 3.63) is 0 Å². The molecule has 0 radical (unpaired) electrons. The lowest BCUT2D eigenvalue weighted by atomic mass is 9.48. The Hall–Kier alpha value is -0.310. The van der Waals surface area contributed by atoms with E-state index in [1.165, 1.54) is 0 Å². The lowest BCUT2D eigenvalue weighted by Gasteiger charge is -2.62. The molecule has 2 unspecified atom stereocenters. The van der Waals surface area contributed by atoms with Crippen LogP contribution in [0.2, 0.25) is 0 Å². The van der Waals surface area contributed by atoms with Gasteiger partial charge in [-0.1, -0.05) is 0 Å². The van der Waals surface area contributed by atoms with Crippen LogP contribution >= 0.6 is 0 Å². The molecule has 5 nitrogen and oxygen atoms in total. The fourth-order valence-electron chi connectivity index (χ4n) is 5.63. The summed E-state index contributed by atoms with van der Waals surface area (Å²) in [6.07, 6.45) is 5.93. The second kappa shape index (κ2) is 5.86. The van der Waals surface area contributed by atoms with Crippen molar-refractivity contribution in [3.63, 3.8) is 0 Å². The molecule has 0 aromatic heterocycles. The standard InChI is InChI=1S/C16H26F2O5S/c1-11(2)23-15-6-12-3-13(7-15)5-14(4-12,8-15)9-22-10-16(17,18)24(19,20)21/h11-13H,3-10H2,1-2H3,(H,19,20,21). The third-order valence-corrected chi connectivity index (χ3v) is 6.54. The average molecular weight is 368 g/mol. The second-order valence-corrected chi connectivity index (χ2v) is 9.96. The van der Waals surface area contributed by atoms with E-state index in [-0.39, 0.29) is 23.7 Å². The molecule has 4 saturated carbocycles. The Balaban J connectivity index is 1.67. The molecule has 0 amide bonds. The zero-order valence-corrected chi connectivity index (χ0v) is 14.9. The zero-order chi connectivity index (χ0) is 17.8. The summed E-state index contributed by atoms with van der Waals surface area (Å²) in [5.74, 6) is 1.05. The van der Waals surface area contributed by atoms with Gasteiger partial charge in [-0.3, -0.25) is 4.55 Å². The largest absolute Gasteiger partial charge is 0.392 e. The maximum atomic E-state index is 13.3. The fourth-order valence-corrected chi connectivity index (χ4v) is 5.86. The number of hydrogen-bond acceptors (Lipinski definition) is 4. The van der Waals surface area contributed by atoms with Gasteiger partial charge in [0.25, 0.3) is 0 Å². The molecule has 4 aliphatic carbocycles. The van der Waals surface area contributed by atoms with Crippen molar-refractivity contribution in [2.45, 2.75) is 69.3 Å². The fraction of sp³-hybridized carbons (Fsp3) is 1.00. The van der Waals surface area contributed by atoms with E-state index < -0.39 is 22.0 Å². The van der Waals surface area contributed by atoms with Gasteiger partial charge in [-0.15, -0.1) is 0 Å². The van der Waals surface area contributed by atoms with Crippen molar-refractivity contribution >= 4 is 10.1 Å². The SMILES string of the molecule is CC(C)OC12CC3CC(CC(COCC(F)(F)S(=O)(=O)O)(C3)C1)C2. The lowest BCUT2D eigenvalue weighted by Crippen LogP contribution is -2.58. The zero-order valence-electron chi connectivity index (χ0n) is 14.1. The molecule has 0 saturated heterocycles. The third kappa shape index (κ3) is 3.48. The van der Waals surface area contributed by atoms with Crippen molar-refractivity contribution in [3.8, 4) is 0 Å². The predicted molar refractivity (Wildman–Crippen MR) is 83.4 cm³/mol. The first kappa shape index (κ1) is 18.5. The topological polar surface area (TPSA) is 72.8 Å². The highest BCUT2D eigenvalue weighted by Gasteiger charge is 2.59. The Labute approximate surface area is 141 Å². The van der Waals surface area contributed by atoms with E-state index in [1.807, 2.05) is 13.8 Å². The highest BCUT2D eigenvalue weighted by molar-refractivity contribution is 7.86. The summed E-state index contributed by atoms with van der Waals surface area (Å²) >= 11 is 0. The quantitative estimate of drug-likeness (QED) is 0.699. The minimum atomic E-state index is -5.44. The van der Waals surface area contributed by atoms with Crippen molar-refractivity contribution in [2.24, 2.45) is 17.3 Å². The van der Waals surface area contributed by atoms with Crippen LogP contribution in [0.1, 0.15) is 52.4 Å². The molecule has 140 valence electrons. The Kier molecular flexibility index (Phi) is 4.51. The minimum absolute atomic E-state index is 0.0916. The monoisotopic (exact) mass is 368 g/mol. The van der Waals surface area contributed by atoms with E-state index in [4.69, 9.17) is 14.0 Å². The summed E-state index contributed by atoms with van der Waals surface area (Å²) in [6.45, 7) is 2.80. The summed E-state index contributed by atoms with van der Waals surface area (Å²) in [5, 5.41) is -4.26. The summed E-state index contributed by atoms with van der Waals surface area (Å²) < 4.78 is 68.0. The molecule has 2 atom stereocenters. The van der Waals surface area contributed by atoms with Crippen LogP contribution in [-0.2, 0) is 19.6 Å². The molecule has 0 aromatic rings. The highest BCUT2D eigenvalue weighted by Crippen LogP contribution is 2.63. The number of hydrogen-bond donors (Lipinski definition) is 1. The van der Waals surface area contributed by atoms with Crippen LogP contribution in [0, 0.1) is 17.3 Å². The Morgan fingerprint density at radius 3 is 2.29 bits per heavy atom. The highest BCUT2D eigenvalue weighted by atomic mass is 32.2. The van der Waals surface area contributed by atoms with Gasteiger partial charge in [0.2, 0.25) is 0 Å². The Bertz CT molecular complexity index is 570.